The minimum absolute atomic E-state index is 0.623. The van der Waals surface area contributed by atoms with Crippen LogP contribution in [0.15, 0.2) is 0 Å². The summed E-state index contributed by atoms with van der Waals surface area (Å²) in [5.74, 6) is 0.947. The van der Waals surface area contributed by atoms with Crippen LogP contribution < -0.4 is 0 Å². The zero-order valence-electron chi connectivity index (χ0n) is 7.96. The maximum atomic E-state index is 2.45. The van der Waals surface area contributed by atoms with Gasteiger partial charge >= 0.3 is 0 Å². The Morgan fingerprint density at radius 2 is 2.09 bits per heavy atom. The molecule has 0 aromatic heterocycles. The van der Waals surface area contributed by atoms with Gasteiger partial charge in [-0.15, -0.1) is 0 Å². The van der Waals surface area contributed by atoms with Gasteiger partial charge in [-0.3, -0.25) is 0 Å². The van der Waals surface area contributed by atoms with Crippen molar-refractivity contribution in [3.05, 3.63) is 0 Å². The summed E-state index contributed by atoms with van der Waals surface area (Å²) in [7, 11) is 6.63. The number of hydrogen-bond donors (Lipinski definition) is 0. The highest BCUT2D eigenvalue weighted by Gasteiger charge is 2.65. The third-order valence-corrected chi connectivity index (χ3v) is 3.47. The van der Waals surface area contributed by atoms with Crippen LogP contribution in [0, 0.1) is 11.3 Å². The Labute approximate surface area is 69.2 Å². The van der Waals surface area contributed by atoms with E-state index in [2.05, 4.69) is 37.9 Å². The van der Waals surface area contributed by atoms with E-state index in [0.29, 0.717) is 5.41 Å². The van der Waals surface area contributed by atoms with Gasteiger partial charge in [-0.1, -0.05) is 6.92 Å². The number of likely N-dealkylation sites (tertiary alicyclic amines) is 1. The molecule has 0 bridgehead atoms. The van der Waals surface area contributed by atoms with Crippen molar-refractivity contribution >= 4 is 0 Å². The third kappa shape index (κ3) is 0.859. The molecule has 0 N–H and O–H groups in total. The fraction of sp³-hybridized carbons (Fsp3) is 1.00. The van der Waals surface area contributed by atoms with Crippen molar-refractivity contribution in [2.45, 2.75) is 13.0 Å². The summed E-state index contributed by atoms with van der Waals surface area (Å²) in [6.45, 7) is 5.02. The molecule has 11 heavy (non-hydrogen) atoms. The molecule has 2 heteroatoms. The van der Waals surface area contributed by atoms with E-state index in [9.17, 15) is 0 Å². The van der Waals surface area contributed by atoms with Gasteiger partial charge < -0.3 is 9.80 Å². The lowest BCUT2D eigenvalue weighted by Gasteiger charge is -2.20. The van der Waals surface area contributed by atoms with E-state index in [1.54, 1.807) is 0 Å². The minimum atomic E-state index is 0.623. The van der Waals surface area contributed by atoms with Crippen LogP contribution in [0.5, 0.6) is 0 Å². The summed E-state index contributed by atoms with van der Waals surface area (Å²) in [5, 5.41) is 0. The Kier molecular flexibility index (Phi) is 1.37. The average molecular weight is 154 g/mol. The van der Waals surface area contributed by atoms with Crippen LogP contribution in [0.3, 0.4) is 0 Å². The van der Waals surface area contributed by atoms with Crippen molar-refractivity contribution in [2.24, 2.45) is 11.3 Å². The third-order valence-electron chi connectivity index (χ3n) is 3.47. The normalized spacial score (nSPS) is 49.9. The highest BCUT2D eigenvalue weighted by atomic mass is 15.3. The molecule has 1 heterocycles. The molecular weight excluding hydrogens is 136 g/mol. The zero-order chi connectivity index (χ0) is 8.22. The molecule has 0 aromatic carbocycles. The van der Waals surface area contributed by atoms with Crippen molar-refractivity contribution < 1.29 is 0 Å². The van der Waals surface area contributed by atoms with E-state index in [4.69, 9.17) is 0 Å². The van der Waals surface area contributed by atoms with Crippen LogP contribution in [0.1, 0.15) is 6.92 Å². The van der Waals surface area contributed by atoms with E-state index in [0.717, 1.165) is 12.0 Å². The minimum Gasteiger partial charge on any atom is -0.305 e. The number of nitrogens with zero attached hydrogens (tertiary/aromatic N) is 2. The fourth-order valence-corrected chi connectivity index (χ4v) is 3.09. The first-order chi connectivity index (χ1) is 5.05. The molecule has 2 aliphatic rings. The summed E-state index contributed by atoms with van der Waals surface area (Å²) >= 11 is 0. The van der Waals surface area contributed by atoms with E-state index < -0.39 is 0 Å². The standard InChI is InChI=1S/C9H18N2/c1-9-6-11(4)5-7(9)8(9)10(2)3/h7-8H,5-6H2,1-4H3. The molecule has 2 rings (SSSR count). The first-order valence-electron chi connectivity index (χ1n) is 4.40. The molecule has 1 aliphatic heterocycles. The van der Waals surface area contributed by atoms with Gasteiger partial charge in [0.15, 0.2) is 0 Å². The van der Waals surface area contributed by atoms with Gasteiger partial charge in [-0.2, -0.15) is 0 Å². The summed E-state index contributed by atoms with van der Waals surface area (Å²) < 4.78 is 0. The quantitative estimate of drug-likeness (QED) is 0.542. The summed E-state index contributed by atoms with van der Waals surface area (Å²) in [6.07, 6.45) is 0. The van der Waals surface area contributed by atoms with Crippen LogP contribution >= 0.6 is 0 Å². The Balaban J connectivity index is 2.06. The lowest BCUT2D eigenvalue weighted by atomic mass is 10.1. The number of rotatable bonds is 1. The molecule has 0 aromatic rings. The van der Waals surface area contributed by atoms with E-state index in [1.807, 2.05) is 0 Å². The molecule has 3 atom stereocenters. The van der Waals surface area contributed by atoms with Crippen molar-refractivity contribution in [1.82, 2.24) is 9.80 Å². The van der Waals surface area contributed by atoms with Crippen LogP contribution in [-0.2, 0) is 0 Å². The summed E-state index contributed by atoms with van der Waals surface area (Å²) in [4.78, 5) is 4.84. The first-order valence-corrected chi connectivity index (χ1v) is 4.40. The second kappa shape index (κ2) is 1.99. The summed E-state index contributed by atoms with van der Waals surface area (Å²) in [6, 6.07) is 0.860. The zero-order valence-corrected chi connectivity index (χ0v) is 7.96. The molecule has 1 aliphatic carbocycles. The topological polar surface area (TPSA) is 6.48 Å². The maximum Gasteiger partial charge on any atom is 0.0206 e. The largest absolute Gasteiger partial charge is 0.305 e. The Hall–Kier alpha value is -0.0800. The fourth-order valence-electron chi connectivity index (χ4n) is 3.09. The van der Waals surface area contributed by atoms with Crippen molar-refractivity contribution in [2.75, 3.05) is 34.2 Å². The molecule has 2 fully saturated rings. The van der Waals surface area contributed by atoms with E-state index in [-0.39, 0.29) is 0 Å². The van der Waals surface area contributed by atoms with Crippen LogP contribution in [0.4, 0.5) is 0 Å². The van der Waals surface area contributed by atoms with Gasteiger partial charge in [0, 0.05) is 24.5 Å². The first kappa shape index (κ1) is 7.56. The Morgan fingerprint density at radius 1 is 1.45 bits per heavy atom. The molecule has 64 valence electrons. The number of piperidine rings is 1. The van der Waals surface area contributed by atoms with E-state index >= 15 is 0 Å². The van der Waals surface area contributed by atoms with Gasteiger partial charge in [0.1, 0.15) is 0 Å². The smallest absolute Gasteiger partial charge is 0.0206 e. The van der Waals surface area contributed by atoms with Crippen LogP contribution in [-0.4, -0.2) is 50.1 Å². The van der Waals surface area contributed by atoms with Gasteiger partial charge in [0.25, 0.3) is 0 Å². The second-order valence-corrected chi connectivity index (χ2v) is 4.72. The van der Waals surface area contributed by atoms with Crippen LogP contribution in [0.25, 0.3) is 0 Å². The maximum absolute atomic E-state index is 2.45. The lowest BCUT2D eigenvalue weighted by molar-refractivity contribution is 0.252. The molecular formula is C9H18N2. The second-order valence-electron chi connectivity index (χ2n) is 4.72. The van der Waals surface area contributed by atoms with Crippen molar-refractivity contribution in [3.63, 3.8) is 0 Å². The average Bonchev–Trinajstić information content (AvgIpc) is 2.24. The van der Waals surface area contributed by atoms with Crippen LogP contribution in [0.2, 0.25) is 0 Å². The highest BCUT2D eigenvalue weighted by molar-refractivity contribution is 5.18. The molecule has 0 spiro atoms. The Bertz CT molecular complexity index is 178. The van der Waals surface area contributed by atoms with Gasteiger partial charge in [-0.05, 0) is 27.1 Å². The predicted molar refractivity (Wildman–Crippen MR) is 46.6 cm³/mol. The molecule has 0 amide bonds. The van der Waals surface area contributed by atoms with Crippen molar-refractivity contribution in [3.8, 4) is 0 Å². The molecule has 2 nitrogen and oxygen atoms in total. The highest BCUT2D eigenvalue weighted by Crippen LogP contribution is 2.58. The van der Waals surface area contributed by atoms with E-state index in [1.165, 1.54) is 13.1 Å². The number of hydrogen-bond acceptors (Lipinski definition) is 2. The SMILES string of the molecule is CN1CC2C(N(C)C)C2(C)C1. The lowest BCUT2D eigenvalue weighted by Crippen LogP contribution is -2.31. The van der Waals surface area contributed by atoms with Crippen molar-refractivity contribution in [1.29, 1.82) is 0 Å². The predicted octanol–water partition coefficient (Wildman–Crippen LogP) is 0.498. The Morgan fingerprint density at radius 3 is 2.45 bits per heavy atom. The molecule has 3 unspecified atom stereocenters. The van der Waals surface area contributed by atoms with Gasteiger partial charge in [0.05, 0.1) is 0 Å². The summed E-state index contributed by atoms with van der Waals surface area (Å²) in [5.41, 5.74) is 0.623. The van der Waals surface area contributed by atoms with Gasteiger partial charge in [0.2, 0.25) is 0 Å². The monoisotopic (exact) mass is 154 g/mol. The van der Waals surface area contributed by atoms with Gasteiger partial charge in [-0.25, -0.2) is 0 Å². The molecule has 1 saturated carbocycles. The molecule has 1 saturated heterocycles. The number of fused-ring (bicyclic) bond motifs is 1. The molecule has 0 radical (unpaired) electrons.